The molecule has 0 atom stereocenters. The van der Waals surface area contributed by atoms with Gasteiger partial charge in [-0.1, -0.05) is 11.6 Å². The van der Waals surface area contributed by atoms with Crippen molar-refractivity contribution in [3.8, 4) is 0 Å². The number of benzene rings is 1. The van der Waals surface area contributed by atoms with Crippen molar-refractivity contribution in [3.05, 3.63) is 74.9 Å². The van der Waals surface area contributed by atoms with E-state index < -0.39 is 12.8 Å². The molecule has 0 spiro atoms. The maximum absolute atomic E-state index is 15.1. The average Bonchev–Trinajstić information content (AvgIpc) is 3.06. The molecule has 2 aliphatic rings. The molecule has 1 aromatic heterocycles. The average molecular weight is 478 g/mol. The Bertz CT molecular complexity index is 995. The van der Waals surface area contributed by atoms with Crippen molar-refractivity contribution in [2.24, 2.45) is 0 Å². The molecule has 0 radical (unpaired) electrons. The summed E-state index contributed by atoms with van der Waals surface area (Å²) in [5, 5.41) is 0.162. The Labute approximate surface area is 157 Å². The van der Waals surface area contributed by atoms with Gasteiger partial charge >= 0.3 is 6.97 Å². The van der Waals surface area contributed by atoms with Gasteiger partial charge in [-0.05, 0) is 46.3 Å². The zero-order chi connectivity index (χ0) is 17.2. The van der Waals surface area contributed by atoms with Crippen LogP contribution in [-0.2, 0) is 0 Å². The molecule has 2 aliphatic heterocycles. The summed E-state index contributed by atoms with van der Waals surface area (Å²) in [6, 6.07) is 7.09. The van der Waals surface area contributed by atoms with Crippen LogP contribution in [0, 0.1) is 5.82 Å². The number of fused-ring (bicyclic) bond motifs is 2. The summed E-state index contributed by atoms with van der Waals surface area (Å²) in [7, 11) is 0. The van der Waals surface area contributed by atoms with Crippen LogP contribution in [0.1, 0.15) is 11.3 Å². The van der Waals surface area contributed by atoms with E-state index in [1.807, 2.05) is 0 Å². The first-order chi connectivity index (χ1) is 11.3. The van der Waals surface area contributed by atoms with Gasteiger partial charge < -0.3 is 17.6 Å². The standard InChI is InChI=1S/C15H7BBr2ClF3N2/c17-13-5-3-11-15(9-2-1-8(20)7-10(9)19)12-4-6-14(18)24(12)16(21,22)23(11)13/h1-7H. The van der Waals surface area contributed by atoms with Crippen LogP contribution in [0.25, 0.3) is 5.57 Å². The zero-order valence-electron chi connectivity index (χ0n) is 11.8. The molecule has 2 nitrogen and oxygen atoms in total. The van der Waals surface area contributed by atoms with Crippen molar-refractivity contribution < 1.29 is 17.5 Å². The molecule has 24 heavy (non-hydrogen) atoms. The normalized spacial score (nSPS) is 18.2. The summed E-state index contributed by atoms with van der Waals surface area (Å²) in [5.41, 5.74) is 1.64. The largest absolute Gasteiger partial charge is 0.738 e. The van der Waals surface area contributed by atoms with E-state index in [4.69, 9.17) is 11.6 Å². The van der Waals surface area contributed by atoms with Crippen LogP contribution in [0.3, 0.4) is 0 Å². The van der Waals surface area contributed by atoms with Crippen molar-refractivity contribution >= 4 is 60.6 Å². The summed E-state index contributed by atoms with van der Waals surface area (Å²) in [4.78, 5) is 0. The van der Waals surface area contributed by atoms with Gasteiger partial charge in [0.25, 0.3) is 0 Å². The molecule has 0 aliphatic carbocycles. The van der Waals surface area contributed by atoms with Gasteiger partial charge in [0.05, 0.1) is 15.2 Å². The van der Waals surface area contributed by atoms with Crippen molar-refractivity contribution in [2.45, 2.75) is 0 Å². The van der Waals surface area contributed by atoms with Gasteiger partial charge in [-0.25, -0.2) is 4.39 Å². The van der Waals surface area contributed by atoms with E-state index >= 15 is 8.63 Å². The van der Waals surface area contributed by atoms with Crippen LogP contribution in [0.2, 0.25) is 5.02 Å². The number of allylic oxidation sites excluding steroid dienone is 2. The number of hydrogen-bond acceptors (Lipinski definition) is 0. The lowest BCUT2D eigenvalue weighted by Gasteiger charge is -2.32. The van der Waals surface area contributed by atoms with E-state index in [1.54, 1.807) is 24.3 Å². The number of nitrogens with zero attached hydrogens (tertiary/aromatic N) is 2. The minimum atomic E-state index is -4.08. The van der Waals surface area contributed by atoms with E-state index in [9.17, 15) is 4.39 Å². The minimum Gasteiger partial charge on any atom is -0.389 e. The molecule has 0 saturated carbocycles. The van der Waals surface area contributed by atoms with Crippen molar-refractivity contribution in [1.29, 1.82) is 0 Å². The fraction of sp³-hybridized carbons (Fsp3) is 0. The Morgan fingerprint density at radius 2 is 1.83 bits per heavy atom. The molecule has 0 bridgehead atoms. The SMILES string of the molecule is Fc1ccc(C2=C3C=CC(Br)=[N+]3[B-](F)(F)n3c(Br)ccc32)c(Cl)c1. The van der Waals surface area contributed by atoms with Crippen molar-refractivity contribution in [3.63, 3.8) is 0 Å². The lowest BCUT2D eigenvalue weighted by Crippen LogP contribution is -2.50. The second-order valence-corrected chi connectivity index (χ2v) is 7.44. The lowest BCUT2D eigenvalue weighted by molar-refractivity contribution is -0.358. The molecule has 4 rings (SSSR count). The Balaban J connectivity index is 2.12. The number of hydrogen-bond donors (Lipinski definition) is 0. The van der Waals surface area contributed by atoms with Crippen molar-refractivity contribution in [2.75, 3.05) is 0 Å². The molecular weight excluding hydrogens is 471 g/mol. The van der Waals surface area contributed by atoms with Gasteiger partial charge in [0, 0.05) is 39.3 Å². The van der Waals surface area contributed by atoms with Crippen LogP contribution in [0.4, 0.5) is 13.0 Å². The third-order valence-corrected chi connectivity index (χ3v) is 5.68. The summed E-state index contributed by atoms with van der Waals surface area (Å²) in [6.45, 7) is -4.08. The van der Waals surface area contributed by atoms with Crippen LogP contribution >= 0.6 is 43.5 Å². The highest BCUT2D eigenvalue weighted by molar-refractivity contribution is 9.18. The Kier molecular flexibility index (Phi) is 3.64. The van der Waals surface area contributed by atoms with E-state index in [0.29, 0.717) is 22.5 Å². The van der Waals surface area contributed by atoms with Crippen molar-refractivity contribution in [1.82, 2.24) is 4.48 Å². The van der Waals surface area contributed by atoms with Gasteiger partial charge in [-0.15, -0.1) is 0 Å². The Hall–Kier alpha value is -1.25. The maximum atomic E-state index is 15.1. The van der Waals surface area contributed by atoms with Gasteiger partial charge in [0.2, 0.25) is 4.62 Å². The number of aromatic nitrogens is 1. The molecule has 1 aromatic carbocycles. The summed E-state index contributed by atoms with van der Waals surface area (Å²) in [6.07, 6.45) is 3.15. The van der Waals surface area contributed by atoms with Crippen LogP contribution in [0.5, 0.6) is 0 Å². The molecule has 0 fully saturated rings. The molecule has 3 heterocycles. The number of halogens is 6. The number of rotatable bonds is 1. The van der Waals surface area contributed by atoms with E-state index in [0.717, 1.165) is 8.96 Å². The first-order valence-electron chi connectivity index (χ1n) is 6.91. The second kappa shape index (κ2) is 5.38. The third kappa shape index (κ3) is 2.12. The van der Waals surface area contributed by atoms with E-state index in [1.165, 1.54) is 18.2 Å². The quantitative estimate of drug-likeness (QED) is 0.485. The summed E-state index contributed by atoms with van der Waals surface area (Å²) in [5.74, 6) is -0.483. The molecule has 2 aromatic rings. The molecule has 0 saturated heterocycles. The summed E-state index contributed by atoms with van der Waals surface area (Å²) >= 11 is 12.6. The van der Waals surface area contributed by atoms with Gasteiger partial charge in [-0.3, -0.25) is 0 Å². The first-order valence-corrected chi connectivity index (χ1v) is 8.88. The van der Waals surface area contributed by atoms with Crippen LogP contribution < -0.4 is 0 Å². The monoisotopic (exact) mass is 476 g/mol. The smallest absolute Gasteiger partial charge is 0.389 e. The maximum Gasteiger partial charge on any atom is 0.738 e. The van der Waals surface area contributed by atoms with E-state index in [-0.39, 0.29) is 14.2 Å². The Morgan fingerprint density at radius 1 is 1.08 bits per heavy atom. The van der Waals surface area contributed by atoms with Gasteiger partial charge in [-0.2, -0.15) is 0 Å². The predicted molar refractivity (Wildman–Crippen MR) is 96.3 cm³/mol. The predicted octanol–water partition coefficient (Wildman–Crippen LogP) is 5.41. The molecule has 0 amide bonds. The van der Waals surface area contributed by atoms with Crippen LogP contribution in [0.15, 0.2) is 52.8 Å². The minimum absolute atomic E-state index is 0.162. The van der Waals surface area contributed by atoms with Gasteiger partial charge in [0.15, 0.2) is 5.70 Å². The lowest BCUT2D eigenvalue weighted by atomic mass is 9.86. The van der Waals surface area contributed by atoms with Gasteiger partial charge in [0.1, 0.15) is 5.82 Å². The first kappa shape index (κ1) is 16.2. The zero-order valence-corrected chi connectivity index (χ0v) is 15.7. The Morgan fingerprint density at radius 3 is 2.54 bits per heavy atom. The highest BCUT2D eigenvalue weighted by Crippen LogP contribution is 2.43. The second-order valence-electron chi connectivity index (χ2n) is 5.41. The van der Waals surface area contributed by atoms with Crippen LogP contribution in [-0.4, -0.2) is 20.6 Å². The van der Waals surface area contributed by atoms with E-state index in [2.05, 4.69) is 31.9 Å². The molecule has 0 unspecified atom stereocenters. The highest BCUT2D eigenvalue weighted by Gasteiger charge is 2.54. The fourth-order valence-corrected chi connectivity index (χ4v) is 4.50. The fourth-order valence-electron chi connectivity index (χ4n) is 3.10. The molecule has 122 valence electrons. The summed E-state index contributed by atoms with van der Waals surface area (Å²) < 4.78 is 45.9. The highest BCUT2D eigenvalue weighted by atomic mass is 79.9. The molecular formula is C15H7BBr2ClF3N2. The third-order valence-electron chi connectivity index (χ3n) is 4.07. The molecule has 0 N–H and O–H groups in total. The topological polar surface area (TPSA) is 7.94 Å². The molecule has 9 heteroatoms.